The van der Waals surface area contributed by atoms with Crippen molar-refractivity contribution in [1.82, 2.24) is 9.80 Å². The van der Waals surface area contributed by atoms with Crippen LogP contribution in [0.5, 0.6) is 5.75 Å². The summed E-state index contributed by atoms with van der Waals surface area (Å²) < 4.78 is 5.82. The molecule has 5 nitrogen and oxygen atoms in total. The van der Waals surface area contributed by atoms with Gasteiger partial charge >= 0.3 is 0 Å². The van der Waals surface area contributed by atoms with E-state index in [0.717, 1.165) is 13.0 Å². The number of hydrogen-bond acceptors (Lipinski definition) is 4. The zero-order chi connectivity index (χ0) is 17.7. The van der Waals surface area contributed by atoms with Gasteiger partial charge in [-0.15, -0.1) is 0 Å². The molecule has 0 aliphatic carbocycles. The first-order valence-electron chi connectivity index (χ1n) is 8.66. The molecule has 134 valence electrons. The minimum Gasteiger partial charge on any atom is -0.491 e. The minimum absolute atomic E-state index is 0.00794. The Balaban J connectivity index is 2.10. The number of rotatable bonds is 7. The van der Waals surface area contributed by atoms with Crippen LogP contribution < -0.4 is 4.74 Å². The normalized spacial score (nSPS) is 20.9. The molecule has 1 saturated heterocycles. The minimum atomic E-state index is -0.184. The molecule has 1 atom stereocenters. The molecule has 0 aromatic heterocycles. The molecule has 5 heteroatoms. The van der Waals surface area contributed by atoms with Gasteiger partial charge in [0.15, 0.2) is 0 Å². The Labute approximate surface area is 145 Å². The lowest BCUT2D eigenvalue weighted by Gasteiger charge is -2.31. The van der Waals surface area contributed by atoms with E-state index in [2.05, 4.69) is 13.8 Å². The zero-order valence-electron chi connectivity index (χ0n) is 15.3. The number of ether oxygens (including phenoxy) is 1. The predicted molar refractivity (Wildman–Crippen MR) is 95.4 cm³/mol. The van der Waals surface area contributed by atoms with E-state index in [1.165, 1.54) is 0 Å². The van der Waals surface area contributed by atoms with Gasteiger partial charge in [-0.25, -0.2) is 0 Å². The molecule has 2 rings (SSSR count). The van der Waals surface area contributed by atoms with Gasteiger partial charge in [-0.2, -0.15) is 0 Å². The fourth-order valence-corrected chi connectivity index (χ4v) is 3.13. The number of nitrogens with zero attached hydrogens (tertiary/aromatic N) is 2. The molecule has 0 saturated carbocycles. The number of carbonyl (C=O) groups excluding carboxylic acids is 1. The van der Waals surface area contributed by atoms with Crippen LogP contribution in [0.1, 0.15) is 30.6 Å². The van der Waals surface area contributed by atoms with Crippen LogP contribution in [0.4, 0.5) is 0 Å². The Morgan fingerprint density at radius 2 is 2.08 bits per heavy atom. The van der Waals surface area contributed by atoms with Gasteiger partial charge in [0.05, 0.1) is 12.2 Å². The van der Waals surface area contributed by atoms with E-state index >= 15 is 0 Å². The molecule has 0 radical (unpaired) electrons. The molecule has 0 bridgehead atoms. The molecule has 1 aromatic carbocycles. The highest BCUT2D eigenvalue weighted by Crippen LogP contribution is 2.38. The van der Waals surface area contributed by atoms with Crippen LogP contribution >= 0.6 is 0 Å². The van der Waals surface area contributed by atoms with Crippen molar-refractivity contribution in [3.63, 3.8) is 0 Å². The summed E-state index contributed by atoms with van der Waals surface area (Å²) in [4.78, 5) is 16.8. The van der Waals surface area contributed by atoms with Gasteiger partial charge in [0.2, 0.25) is 0 Å². The van der Waals surface area contributed by atoms with E-state index in [9.17, 15) is 9.90 Å². The summed E-state index contributed by atoms with van der Waals surface area (Å²) in [5.41, 5.74) is 0.421. The van der Waals surface area contributed by atoms with Gasteiger partial charge in [0.25, 0.3) is 5.91 Å². The summed E-state index contributed by atoms with van der Waals surface area (Å²) in [6.45, 7) is 6.98. The van der Waals surface area contributed by atoms with E-state index in [1.54, 1.807) is 0 Å². The first-order valence-corrected chi connectivity index (χ1v) is 8.66. The number of likely N-dealkylation sites (N-methyl/N-ethyl adjacent to an activating group) is 1. The number of likely N-dealkylation sites (tertiary alicyclic amines) is 1. The van der Waals surface area contributed by atoms with Crippen LogP contribution in [0.3, 0.4) is 0 Å². The maximum atomic E-state index is 12.9. The van der Waals surface area contributed by atoms with Gasteiger partial charge < -0.3 is 19.6 Å². The van der Waals surface area contributed by atoms with Crippen molar-refractivity contribution in [2.24, 2.45) is 11.3 Å². The molecule has 1 heterocycles. The lowest BCUT2D eigenvalue weighted by molar-refractivity contribution is 0.0647. The molecule has 1 aliphatic heterocycles. The highest BCUT2D eigenvalue weighted by molar-refractivity contribution is 5.97. The average Bonchev–Trinajstić information content (AvgIpc) is 3.00. The maximum Gasteiger partial charge on any atom is 0.257 e. The third kappa shape index (κ3) is 4.08. The van der Waals surface area contributed by atoms with Crippen LogP contribution in [0, 0.1) is 11.3 Å². The number of carbonyl (C=O) groups is 1. The van der Waals surface area contributed by atoms with E-state index in [0.29, 0.717) is 36.9 Å². The van der Waals surface area contributed by atoms with Crippen LogP contribution in [-0.2, 0) is 0 Å². The highest BCUT2D eigenvalue weighted by Gasteiger charge is 2.42. The monoisotopic (exact) mass is 334 g/mol. The number of para-hydroxylation sites is 1. The topological polar surface area (TPSA) is 53.0 Å². The molecular weight excluding hydrogens is 304 g/mol. The first-order chi connectivity index (χ1) is 11.4. The summed E-state index contributed by atoms with van der Waals surface area (Å²) in [5.74, 6) is 0.966. The maximum absolute atomic E-state index is 12.9. The Bertz CT molecular complexity index is 559. The number of aliphatic hydroxyl groups excluding tert-OH is 1. The second-order valence-corrected chi connectivity index (χ2v) is 7.30. The smallest absolute Gasteiger partial charge is 0.257 e. The van der Waals surface area contributed by atoms with Crippen molar-refractivity contribution in [1.29, 1.82) is 0 Å². The lowest BCUT2D eigenvalue weighted by atomic mass is 9.77. The molecule has 1 fully saturated rings. The fourth-order valence-electron chi connectivity index (χ4n) is 3.13. The Kier molecular flexibility index (Phi) is 6.24. The first kappa shape index (κ1) is 18.7. The molecule has 24 heavy (non-hydrogen) atoms. The molecular formula is C19H30N2O3. The van der Waals surface area contributed by atoms with Crippen LogP contribution in [-0.4, -0.2) is 67.8 Å². The molecule has 0 spiro atoms. The fraction of sp³-hybridized carbons (Fsp3) is 0.632. The SMILES string of the molecule is CC(C)C1(CO)CCN(C(=O)c2ccccc2OCCN(C)C)C1. The van der Waals surface area contributed by atoms with Crippen LogP contribution in [0.2, 0.25) is 0 Å². The van der Waals surface area contributed by atoms with E-state index in [1.807, 2.05) is 48.2 Å². The standard InChI is InChI=1S/C19H30N2O3/c1-15(2)19(14-22)9-10-21(13-19)18(23)16-7-5-6-8-17(16)24-12-11-20(3)4/h5-8,15,22H,9-14H2,1-4H3. The molecule has 1 aliphatic rings. The summed E-state index contributed by atoms with van der Waals surface area (Å²) in [6.07, 6.45) is 0.844. The summed E-state index contributed by atoms with van der Waals surface area (Å²) in [6, 6.07) is 7.42. The van der Waals surface area contributed by atoms with Gasteiger partial charge in [0.1, 0.15) is 12.4 Å². The largest absolute Gasteiger partial charge is 0.491 e. The number of aliphatic hydroxyl groups is 1. The number of benzene rings is 1. The van der Waals surface area contributed by atoms with E-state index in [-0.39, 0.29) is 17.9 Å². The molecule has 1 aromatic rings. The molecule has 1 unspecified atom stereocenters. The van der Waals surface area contributed by atoms with Crippen LogP contribution in [0.25, 0.3) is 0 Å². The molecule has 1 amide bonds. The summed E-state index contributed by atoms with van der Waals surface area (Å²) in [5, 5.41) is 9.81. The van der Waals surface area contributed by atoms with Gasteiger partial charge in [-0.1, -0.05) is 26.0 Å². The van der Waals surface area contributed by atoms with Gasteiger partial charge in [-0.3, -0.25) is 4.79 Å². The number of hydrogen-bond donors (Lipinski definition) is 1. The molecule has 1 N–H and O–H groups in total. The van der Waals surface area contributed by atoms with Crippen molar-refractivity contribution in [2.75, 3.05) is 46.9 Å². The van der Waals surface area contributed by atoms with Crippen molar-refractivity contribution in [3.05, 3.63) is 29.8 Å². The van der Waals surface area contributed by atoms with E-state index in [4.69, 9.17) is 4.74 Å². The predicted octanol–water partition coefficient (Wildman–Crippen LogP) is 2.11. The van der Waals surface area contributed by atoms with Gasteiger partial charge in [0, 0.05) is 25.0 Å². The summed E-state index contributed by atoms with van der Waals surface area (Å²) in [7, 11) is 3.98. The number of amides is 1. The van der Waals surface area contributed by atoms with Gasteiger partial charge in [-0.05, 0) is 38.6 Å². The third-order valence-corrected chi connectivity index (χ3v) is 5.13. The highest BCUT2D eigenvalue weighted by atomic mass is 16.5. The summed E-state index contributed by atoms with van der Waals surface area (Å²) >= 11 is 0. The zero-order valence-corrected chi connectivity index (χ0v) is 15.3. The third-order valence-electron chi connectivity index (χ3n) is 5.13. The Morgan fingerprint density at radius 1 is 1.38 bits per heavy atom. The van der Waals surface area contributed by atoms with Crippen molar-refractivity contribution >= 4 is 5.91 Å². The van der Waals surface area contributed by atoms with E-state index < -0.39 is 0 Å². The van der Waals surface area contributed by atoms with Crippen molar-refractivity contribution in [2.45, 2.75) is 20.3 Å². The second-order valence-electron chi connectivity index (χ2n) is 7.30. The Hall–Kier alpha value is -1.59. The average molecular weight is 334 g/mol. The second kappa shape index (κ2) is 7.99. The Morgan fingerprint density at radius 3 is 2.67 bits per heavy atom. The van der Waals surface area contributed by atoms with Crippen molar-refractivity contribution in [3.8, 4) is 5.75 Å². The quantitative estimate of drug-likeness (QED) is 0.830. The van der Waals surface area contributed by atoms with Crippen molar-refractivity contribution < 1.29 is 14.6 Å². The lowest BCUT2D eigenvalue weighted by Crippen LogP contribution is -2.37. The van der Waals surface area contributed by atoms with Crippen LogP contribution in [0.15, 0.2) is 24.3 Å².